The van der Waals surface area contributed by atoms with Crippen LogP contribution in [0.15, 0.2) is 10.7 Å². The minimum Gasteiger partial charge on any atom is -0.359 e. The molecule has 2 fully saturated rings. The van der Waals surface area contributed by atoms with Crippen LogP contribution in [0.5, 0.6) is 0 Å². The molecule has 0 spiro atoms. The van der Waals surface area contributed by atoms with Crippen molar-refractivity contribution in [2.45, 2.75) is 37.4 Å². The van der Waals surface area contributed by atoms with Crippen LogP contribution in [0.3, 0.4) is 0 Å². The Kier molecular flexibility index (Phi) is 1.80. The molecule has 76 valence electrons. The third-order valence-corrected chi connectivity index (χ3v) is 3.96. The number of ether oxygens (including phenoxy) is 1. The molecule has 14 heavy (non-hydrogen) atoms. The number of hydrogen-bond acceptors (Lipinski definition) is 2. The SMILES string of the molecule is Cn1ncc(Br)c1[C@@]12CCCC[C@@H]1O2. The summed E-state index contributed by atoms with van der Waals surface area (Å²) in [5.41, 5.74) is 1.23. The quantitative estimate of drug-likeness (QED) is 0.723. The Morgan fingerprint density at radius 2 is 2.50 bits per heavy atom. The highest BCUT2D eigenvalue weighted by atomic mass is 79.9. The van der Waals surface area contributed by atoms with Crippen molar-refractivity contribution in [2.75, 3.05) is 0 Å². The molecule has 0 bridgehead atoms. The minimum atomic E-state index is 0.00231. The molecule has 0 radical (unpaired) electrons. The van der Waals surface area contributed by atoms with Crippen LogP contribution in [0.25, 0.3) is 0 Å². The first-order valence-corrected chi connectivity index (χ1v) is 5.89. The highest BCUT2D eigenvalue weighted by Crippen LogP contribution is 2.56. The molecule has 1 aromatic rings. The smallest absolute Gasteiger partial charge is 0.137 e. The van der Waals surface area contributed by atoms with E-state index in [1.807, 2.05) is 17.9 Å². The fourth-order valence-electron chi connectivity index (χ4n) is 2.66. The van der Waals surface area contributed by atoms with Crippen LogP contribution >= 0.6 is 15.9 Å². The van der Waals surface area contributed by atoms with Crippen LogP contribution in [-0.2, 0) is 17.4 Å². The van der Waals surface area contributed by atoms with Gasteiger partial charge < -0.3 is 4.74 Å². The molecular formula is C10H13BrN2O. The Hall–Kier alpha value is -0.350. The zero-order valence-electron chi connectivity index (χ0n) is 8.16. The van der Waals surface area contributed by atoms with Gasteiger partial charge in [-0.3, -0.25) is 4.68 Å². The van der Waals surface area contributed by atoms with Gasteiger partial charge in [0.25, 0.3) is 0 Å². The zero-order valence-corrected chi connectivity index (χ0v) is 9.75. The average Bonchev–Trinajstić information content (AvgIpc) is 2.81. The van der Waals surface area contributed by atoms with E-state index in [4.69, 9.17) is 4.74 Å². The van der Waals surface area contributed by atoms with E-state index < -0.39 is 0 Å². The Balaban J connectivity index is 2.03. The van der Waals surface area contributed by atoms with Crippen molar-refractivity contribution in [1.82, 2.24) is 9.78 Å². The zero-order chi connectivity index (χ0) is 9.76. The van der Waals surface area contributed by atoms with Crippen LogP contribution in [0.4, 0.5) is 0 Å². The van der Waals surface area contributed by atoms with Crippen molar-refractivity contribution in [3.63, 3.8) is 0 Å². The number of aromatic nitrogens is 2. The Morgan fingerprint density at radius 1 is 1.64 bits per heavy atom. The lowest BCUT2D eigenvalue weighted by atomic mass is 9.87. The molecule has 2 atom stereocenters. The Labute approximate surface area is 91.6 Å². The summed E-state index contributed by atoms with van der Waals surface area (Å²) in [4.78, 5) is 0. The van der Waals surface area contributed by atoms with Gasteiger partial charge in [0.2, 0.25) is 0 Å². The van der Waals surface area contributed by atoms with E-state index in [1.165, 1.54) is 25.0 Å². The van der Waals surface area contributed by atoms with Crippen LogP contribution < -0.4 is 0 Å². The first-order chi connectivity index (χ1) is 6.74. The summed E-state index contributed by atoms with van der Waals surface area (Å²) in [6.45, 7) is 0. The molecule has 1 saturated heterocycles. The van der Waals surface area contributed by atoms with Crippen molar-refractivity contribution in [3.8, 4) is 0 Å². The monoisotopic (exact) mass is 256 g/mol. The summed E-state index contributed by atoms with van der Waals surface area (Å²) in [6, 6.07) is 0. The number of fused-ring (bicyclic) bond motifs is 1. The predicted molar refractivity (Wildman–Crippen MR) is 55.9 cm³/mol. The Bertz CT molecular complexity index is 357. The van der Waals surface area contributed by atoms with Gasteiger partial charge in [-0.1, -0.05) is 6.42 Å². The van der Waals surface area contributed by atoms with E-state index in [0.29, 0.717) is 6.10 Å². The molecule has 0 amide bonds. The maximum atomic E-state index is 5.88. The first kappa shape index (κ1) is 8.92. The molecule has 1 aromatic heterocycles. The first-order valence-electron chi connectivity index (χ1n) is 5.10. The third-order valence-electron chi connectivity index (χ3n) is 3.37. The van der Waals surface area contributed by atoms with Gasteiger partial charge in [-0.25, -0.2) is 0 Å². The normalized spacial score (nSPS) is 35.4. The summed E-state index contributed by atoms with van der Waals surface area (Å²) in [5, 5.41) is 4.25. The van der Waals surface area contributed by atoms with Crippen molar-refractivity contribution < 1.29 is 4.74 Å². The van der Waals surface area contributed by atoms with E-state index in [2.05, 4.69) is 21.0 Å². The van der Waals surface area contributed by atoms with Crippen molar-refractivity contribution in [1.29, 1.82) is 0 Å². The van der Waals surface area contributed by atoms with Crippen LogP contribution in [0.2, 0.25) is 0 Å². The van der Waals surface area contributed by atoms with E-state index in [0.717, 1.165) is 10.9 Å². The average molecular weight is 257 g/mol. The van der Waals surface area contributed by atoms with Gasteiger partial charge >= 0.3 is 0 Å². The summed E-state index contributed by atoms with van der Waals surface area (Å²) < 4.78 is 8.91. The van der Waals surface area contributed by atoms with Gasteiger partial charge in [-0.15, -0.1) is 0 Å². The van der Waals surface area contributed by atoms with Crippen LogP contribution in [0, 0.1) is 0 Å². The van der Waals surface area contributed by atoms with Gasteiger partial charge in [-0.2, -0.15) is 5.10 Å². The van der Waals surface area contributed by atoms with E-state index >= 15 is 0 Å². The molecule has 0 N–H and O–H groups in total. The Morgan fingerprint density at radius 3 is 3.14 bits per heavy atom. The lowest BCUT2D eigenvalue weighted by Gasteiger charge is -2.17. The second-order valence-electron chi connectivity index (χ2n) is 4.21. The molecule has 0 aromatic carbocycles. The highest BCUT2D eigenvalue weighted by molar-refractivity contribution is 9.10. The van der Waals surface area contributed by atoms with Crippen molar-refractivity contribution >= 4 is 15.9 Å². The molecule has 0 unspecified atom stereocenters. The molecular weight excluding hydrogens is 244 g/mol. The van der Waals surface area contributed by atoms with Gasteiger partial charge in [-0.05, 0) is 35.2 Å². The van der Waals surface area contributed by atoms with E-state index in [1.54, 1.807) is 0 Å². The summed E-state index contributed by atoms with van der Waals surface area (Å²) in [5.74, 6) is 0. The van der Waals surface area contributed by atoms with Gasteiger partial charge in [0, 0.05) is 7.05 Å². The second-order valence-corrected chi connectivity index (χ2v) is 5.06. The maximum Gasteiger partial charge on any atom is 0.137 e. The molecule has 2 aliphatic rings. The molecule has 1 aliphatic carbocycles. The lowest BCUT2D eigenvalue weighted by molar-refractivity contribution is 0.276. The van der Waals surface area contributed by atoms with Gasteiger partial charge in [0.1, 0.15) is 5.60 Å². The van der Waals surface area contributed by atoms with Gasteiger partial charge in [0.05, 0.1) is 22.5 Å². The summed E-state index contributed by atoms with van der Waals surface area (Å²) in [6.07, 6.45) is 7.24. The van der Waals surface area contributed by atoms with Crippen LogP contribution in [0.1, 0.15) is 31.4 Å². The van der Waals surface area contributed by atoms with E-state index in [9.17, 15) is 0 Å². The number of halogens is 1. The lowest BCUT2D eigenvalue weighted by Crippen LogP contribution is -2.21. The van der Waals surface area contributed by atoms with Crippen molar-refractivity contribution in [3.05, 3.63) is 16.4 Å². The van der Waals surface area contributed by atoms with Gasteiger partial charge in [0.15, 0.2) is 0 Å². The van der Waals surface area contributed by atoms with E-state index in [-0.39, 0.29) is 5.60 Å². The molecule has 1 saturated carbocycles. The fourth-order valence-corrected chi connectivity index (χ4v) is 3.35. The topological polar surface area (TPSA) is 30.4 Å². The minimum absolute atomic E-state index is 0.00231. The van der Waals surface area contributed by atoms with Crippen LogP contribution in [-0.4, -0.2) is 15.9 Å². The highest BCUT2D eigenvalue weighted by Gasteiger charge is 2.60. The third kappa shape index (κ3) is 1.04. The molecule has 4 heteroatoms. The second kappa shape index (κ2) is 2.83. The van der Waals surface area contributed by atoms with Crippen molar-refractivity contribution in [2.24, 2.45) is 7.05 Å². The number of hydrogen-bond donors (Lipinski definition) is 0. The number of nitrogens with zero attached hydrogens (tertiary/aromatic N) is 2. The predicted octanol–water partition coefficient (Wildman–Crippen LogP) is 2.35. The summed E-state index contributed by atoms with van der Waals surface area (Å²) in [7, 11) is 1.99. The fraction of sp³-hybridized carbons (Fsp3) is 0.700. The number of epoxide rings is 1. The maximum absolute atomic E-state index is 5.88. The molecule has 3 nitrogen and oxygen atoms in total. The number of aryl methyl sites for hydroxylation is 1. The number of rotatable bonds is 1. The largest absolute Gasteiger partial charge is 0.359 e. The molecule has 2 heterocycles. The summed E-state index contributed by atoms with van der Waals surface area (Å²) >= 11 is 3.55. The standard InChI is InChI=1S/C10H13BrN2O/c1-13-9(7(11)6-12-13)10-5-3-2-4-8(10)14-10/h6,8H,2-5H2,1H3/t8-,10+/m0/s1. The molecule has 3 rings (SSSR count). The molecule has 1 aliphatic heterocycles.